The Kier molecular flexibility index (Phi) is 7.32. The Morgan fingerprint density at radius 2 is 1.66 bits per heavy atom. The summed E-state index contributed by atoms with van der Waals surface area (Å²) in [7, 11) is 0. The molecule has 0 unspecified atom stereocenters. The lowest BCUT2D eigenvalue weighted by atomic mass is 9.83. The van der Waals surface area contributed by atoms with Crippen molar-refractivity contribution in [3.05, 3.63) is 108 Å². The van der Waals surface area contributed by atoms with Gasteiger partial charge in [-0.05, 0) is 49.2 Å². The summed E-state index contributed by atoms with van der Waals surface area (Å²) >= 11 is 15.2. The van der Waals surface area contributed by atoms with Crippen LogP contribution in [-0.2, 0) is 20.9 Å². The average molecular weight is 625 g/mol. The predicted octanol–water partition coefficient (Wildman–Crippen LogP) is 6.27. The molecule has 1 fully saturated rings. The maximum Gasteiger partial charge on any atom is 0.308 e. The number of carbonyl (C=O) groups excluding carboxylic acids is 3. The van der Waals surface area contributed by atoms with Crippen molar-refractivity contribution in [2.45, 2.75) is 36.6 Å². The molecule has 1 aromatic heterocycles. The average Bonchev–Trinajstić information content (AvgIpc) is 3.38. The Morgan fingerprint density at radius 1 is 0.927 bits per heavy atom. The van der Waals surface area contributed by atoms with E-state index in [0.717, 1.165) is 34.2 Å². The van der Waals surface area contributed by atoms with Gasteiger partial charge in [0.05, 0.1) is 26.7 Å². The monoisotopic (exact) mass is 623 g/mol. The zero-order chi connectivity index (χ0) is 29.0. The molecule has 0 bridgehead atoms. The minimum absolute atomic E-state index is 0.247. The second-order valence-corrected chi connectivity index (χ2v) is 12.9. The van der Waals surface area contributed by atoms with E-state index in [2.05, 4.69) is 5.32 Å². The lowest BCUT2D eigenvalue weighted by molar-refractivity contribution is -0.122. The number of para-hydroxylation sites is 1. The number of aryl methyl sites for hydroxylation is 2. The van der Waals surface area contributed by atoms with Gasteiger partial charge in [-0.25, -0.2) is 4.90 Å². The molecule has 2 aliphatic rings. The molecule has 0 saturated carbocycles. The van der Waals surface area contributed by atoms with Gasteiger partial charge < -0.3 is 5.32 Å². The maximum atomic E-state index is 14.0. The fourth-order valence-electron chi connectivity index (χ4n) is 5.35. The topological polar surface area (TPSA) is 88.5 Å². The van der Waals surface area contributed by atoms with Crippen LogP contribution in [0.3, 0.4) is 0 Å². The van der Waals surface area contributed by atoms with E-state index in [1.165, 1.54) is 9.47 Å². The fraction of sp³-hybridized carbons (Fsp3) is 0.200. The first-order chi connectivity index (χ1) is 19.7. The van der Waals surface area contributed by atoms with Crippen LogP contribution in [0.25, 0.3) is 0 Å². The van der Waals surface area contributed by atoms with Crippen molar-refractivity contribution in [2.24, 2.45) is 5.92 Å². The number of anilines is 2. The molecule has 0 radical (unpaired) electrons. The van der Waals surface area contributed by atoms with Crippen molar-refractivity contribution < 1.29 is 14.4 Å². The Morgan fingerprint density at radius 3 is 2.39 bits per heavy atom. The Hall–Kier alpha value is -3.37. The number of fused-ring (bicyclic) bond motifs is 2. The van der Waals surface area contributed by atoms with Crippen molar-refractivity contribution in [1.29, 1.82) is 0 Å². The third-order valence-corrected chi connectivity index (χ3v) is 10.8. The Bertz CT molecular complexity index is 1780. The molecular formula is C30H23Cl2N3O4S2. The molecule has 11 heteroatoms. The number of hydrogen-bond donors (Lipinski definition) is 1. The third-order valence-electron chi connectivity index (χ3n) is 7.38. The molecule has 208 valence electrons. The van der Waals surface area contributed by atoms with Crippen LogP contribution in [0.5, 0.6) is 0 Å². The molecule has 7 nitrogen and oxygen atoms in total. The summed E-state index contributed by atoms with van der Waals surface area (Å²) in [6, 6.07) is 19.7. The van der Waals surface area contributed by atoms with Crippen LogP contribution in [0.4, 0.5) is 11.4 Å². The largest absolute Gasteiger partial charge is 0.324 e. The molecule has 3 heterocycles. The van der Waals surface area contributed by atoms with Gasteiger partial charge in [0, 0.05) is 16.5 Å². The van der Waals surface area contributed by atoms with Crippen molar-refractivity contribution in [3.63, 3.8) is 0 Å². The summed E-state index contributed by atoms with van der Waals surface area (Å²) in [5.74, 6) is -2.64. The van der Waals surface area contributed by atoms with Crippen LogP contribution in [0.15, 0.2) is 76.6 Å². The summed E-state index contributed by atoms with van der Waals surface area (Å²) in [5.41, 5.74) is 3.57. The molecule has 3 aromatic carbocycles. The fourth-order valence-corrected chi connectivity index (χ4v) is 8.54. The summed E-state index contributed by atoms with van der Waals surface area (Å²) < 4.78 is 1.38. The first-order valence-electron chi connectivity index (χ1n) is 12.8. The Balaban J connectivity index is 1.44. The highest BCUT2D eigenvalue weighted by Crippen LogP contribution is 2.55. The third kappa shape index (κ3) is 4.80. The molecule has 41 heavy (non-hydrogen) atoms. The smallest absolute Gasteiger partial charge is 0.308 e. The summed E-state index contributed by atoms with van der Waals surface area (Å²) in [4.78, 5) is 55.7. The first kappa shape index (κ1) is 27.8. The number of benzene rings is 3. The number of rotatable bonds is 5. The number of amides is 3. The van der Waals surface area contributed by atoms with Crippen LogP contribution >= 0.6 is 46.3 Å². The van der Waals surface area contributed by atoms with E-state index >= 15 is 0 Å². The molecule has 3 atom stereocenters. The highest BCUT2D eigenvalue weighted by molar-refractivity contribution is 8.00. The van der Waals surface area contributed by atoms with E-state index in [4.69, 9.17) is 23.2 Å². The molecule has 6 rings (SSSR count). The van der Waals surface area contributed by atoms with Gasteiger partial charge in [0.2, 0.25) is 17.7 Å². The minimum atomic E-state index is -0.823. The zero-order valence-electron chi connectivity index (χ0n) is 21.9. The van der Waals surface area contributed by atoms with Crippen molar-refractivity contribution in [3.8, 4) is 0 Å². The highest BCUT2D eigenvalue weighted by atomic mass is 35.5. The molecule has 4 aromatic rings. The van der Waals surface area contributed by atoms with Gasteiger partial charge in [-0.15, -0.1) is 0 Å². The van der Waals surface area contributed by atoms with E-state index in [-0.39, 0.29) is 34.2 Å². The van der Waals surface area contributed by atoms with Crippen LogP contribution in [0.1, 0.15) is 27.5 Å². The van der Waals surface area contributed by atoms with E-state index in [1.54, 1.807) is 36.4 Å². The van der Waals surface area contributed by atoms with Crippen molar-refractivity contribution in [2.75, 3.05) is 10.2 Å². The van der Waals surface area contributed by atoms with Gasteiger partial charge in [-0.1, -0.05) is 94.3 Å². The Labute approximate surface area is 254 Å². The van der Waals surface area contributed by atoms with E-state index < -0.39 is 17.1 Å². The summed E-state index contributed by atoms with van der Waals surface area (Å²) in [6.07, 6.45) is 0. The molecule has 3 amide bonds. The van der Waals surface area contributed by atoms with E-state index in [0.29, 0.717) is 31.9 Å². The SMILES string of the molecule is Cc1ccc(N2C(=O)[C@H]3[C@H](c4cccc(Cl)c4Cl)c4sc(=O)n(CC(=O)Nc5ccccc5C)c4S[C@H]3C2=O)cc1. The minimum Gasteiger partial charge on any atom is -0.324 e. The van der Waals surface area contributed by atoms with E-state index in [1.807, 2.05) is 44.2 Å². The lowest BCUT2D eigenvalue weighted by Gasteiger charge is -2.31. The second kappa shape index (κ2) is 10.8. The van der Waals surface area contributed by atoms with Crippen molar-refractivity contribution >= 4 is 75.4 Å². The maximum absolute atomic E-state index is 14.0. The molecule has 0 spiro atoms. The molecule has 2 aliphatic heterocycles. The van der Waals surface area contributed by atoms with Crippen LogP contribution in [0, 0.1) is 19.8 Å². The quantitative estimate of drug-likeness (QED) is 0.265. The predicted molar refractivity (Wildman–Crippen MR) is 163 cm³/mol. The number of nitrogens with one attached hydrogen (secondary N) is 1. The first-order valence-corrected chi connectivity index (χ1v) is 15.2. The number of nitrogens with zero attached hydrogens (tertiary/aromatic N) is 2. The van der Waals surface area contributed by atoms with Crippen LogP contribution in [-0.4, -0.2) is 27.5 Å². The normalized spacial score (nSPS) is 19.7. The lowest BCUT2D eigenvalue weighted by Crippen LogP contribution is -2.33. The number of imide groups is 1. The number of halogens is 2. The summed E-state index contributed by atoms with van der Waals surface area (Å²) in [5, 5.41) is 3.09. The zero-order valence-corrected chi connectivity index (χ0v) is 25.0. The summed E-state index contributed by atoms with van der Waals surface area (Å²) in [6.45, 7) is 3.56. The molecule has 0 aliphatic carbocycles. The van der Waals surface area contributed by atoms with Gasteiger partial charge in [-0.3, -0.25) is 23.7 Å². The van der Waals surface area contributed by atoms with Gasteiger partial charge in [0.1, 0.15) is 11.8 Å². The van der Waals surface area contributed by atoms with Gasteiger partial charge >= 0.3 is 4.87 Å². The van der Waals surface area contributed by atoms with Gasteiger partial charge in [0.25, 0.3) is 0 Å². The molecule has 1 N–H and O–H groups in total. The number of aromatic nitrogens is 1. The second-order valence-electron chi connectivity index (χ2n) is 10.0. The van der Waals surface area contributed by atoms with Gasteiger partial charge in [0.15, 0.2) is 0 Å². The number of hydrogen-bond acceptors (Lipinski definition) is 6. The number of thiazole rings is 1. The number of carbonyl (C=O) groups is 3. The van der Waals surface area contributed by atoms with Crippen LogP contribution in [0.2, 0.25) is 10.0 Å². The van der Waals surface area contributed by atoms with Crippen molar-refractivity contribution in [1.82, 2.24) is 4.57 Å². The standard InChI is InChI=1S/C30H23Cl2N3O4S2/c1-15-10-12-17(13-11-15)35-27(37)23-22(18-7-5-8-19(31)24(18)32)26-29(40-25(23)28(35)38)34(30(39)41-26)14-21(36)33-20-9-4-3-6-16(20)2/h3-13,22-23,25H,14H2,1-2H3,(H,33,36)/t22-,23-,25+/m0/s1. The van der Waals surface area contributed by atoms with Gasteiger partial charge in [-0.2, -0.15) is 0 Å². The number of thioether (sulfide) groups is 1. The van der Waals surface area contributed by atoms with Crippen LogP contribution < -0.4 is 15.1 Å². The molecule has 1 saturated heterocycles. The van der Waals surface area contributed by atoms with E-state index in [9.17, 15) is 19.2 Å². The molecular weight excluding hydrogens is 601 g/mol. The highest BCUT2D eigenvalue weighted by Gasteiger charge is 2.57.